The van der Waals surface area contributed by atoms with Crippen LogP contribution in [0, 0.1) is 0 Å². The minimum absolute atomic E-state index is 0.867. The number of aromatic nitrogens is 1. The topological polar surface area (TPSA) is 21.3 Å². The second-order valence-corrected chi connectivity index (χ2v) is 15.7. The van der Waals surface area contributed by atoms with E-state index in [2.05, 4.69) is 228 Å². The summed E-state index contributed by atoms with van der Waals surface area (Å²) in [7, 11) is 0. The Bertz CT molecular complexity index is 3570. The second-order valence-electron chi connectivity index (χ2n) is 15.7. The van der Waals surface area contributed by atoms with Gasteiger partial charge in [0.15, 0.2) is 0 Å². The van der Waals surface area contributed by atoms with Crippen molar-refractivity contribution in [3.8, 4) is 39.1 Å². The van der Waals surface area contributed by atoms with Crippen LogP contribution in [0.3, 0.4) is 0 Å². The van der Waals surface area contributed by atoms with Gasteiger partial charge in [0.25, 0.3) is 0 Å². The molecule has 0 saturated carbocycles. The van der Waals surface area contributed by atoms with E-state index in [4.69, 9.17) is 4.42 Å². The molecular formula is C58H38N2O. The van der Waals surface area contributed by atoms with Gasteiger partial charge in [-0.05, 0) is 99.4 Å². The summed E-state index contributed by atoms with van der Waals surface area (Å²) in [6.45, 7) is 0. The summed E-state index contributed by atoms with van der Waals surface area (Å²) in [5, 5.41) is 7.19. The molecule has 0 aliphatic carbocycles. The number of hydrogen-bond donors (Lipinski definition) is 0. The largest absolute Gasteiger partial charge is 0.456 e. The lowest BCUT2D eigenvalue weighted by Crippen LogP contribution is -2.09. The zero-order chi connectivity index (χ0) is 40.3. The van der Waals surface area contributed by atoms with Gasteiger partial charge in [-0.25, -0.2) is 0 Å². The Kier molecular flexibility index (Phi) is 8.17. The Balaban J connectivity index is 0.965. The fourth-order valence-corrected chi connectivity index (χ4v) is 9.31. The Morgan fingerprint density at radius 1 is 0.311 bits per heavy atom. The van der Waals surface area contributed by atoms with Crippen molar-refractivity contribution in [3.63, 3.8) is 0 Å². The smallest absolute Gasteiger partial charge is 0.137 e. The normalized spacial score (nSPS) is 11.6. The summed E-state index contributed by atoms with van der Waals surface area (Å²) in [6.07, 6.45) is 0. The third-order valence-electron chi connectivity index (χ3n) is 12.2. The molecule has 2 aromatic heterocycles. The number of furan rings is 1. The molecule has 0 atom stereocenters. The molecule has 0 aliphatic heterocycles. The maximum absolute atomic E-state index is 6.39. The number of nitrogens with zero attached hydrogens (tertiary/aromatic N) is 2. The van der Waals surface area contributed by atoms with E-state index in [9.17, 15) is 0 Å². The lowest BCUT2D eigenvalue weighted by Gasteiger charge is -2.26. The second kappa shape index (κ2) is 14.3. The van der Waals surface area contributed by atoms with Crippen molar-refractivity contribution < 1.29 is 4.42 Å². The van der Waals surface area contributed by atoms with Crippen LogP contribution in [0.5, 0.6) is 0 Å². The molecule has 10 aromatic carbocycles. The number of fused-ring (bicyclic) bond motifs is 7. The van der Waals surface area contributed by atoms with Crippen molar-refractivity contribution in [1.82, 2.24) is 4.57 Å². The summed E-state index contributed by atoms with van der Waals surface area (Å²) in [5.74, 6) is 0. The molecule has 0 radical (unpaired) electrons. The van der Waals surface area contributed by atoms with Crippen LogP contribution >= 0.6 is 0 Å². The molecule has 0 N–H and O–H groups in total. The van der Waals surface area contributed by atoms with Crippen LogP contribution in [0.2, 0.25) is 0 Å². The van der Waals surface area contributed by atoms with Crippen molar-refractivity contribution in [2.75, 3.05) is 4.90 Å². The standard InChI is InChI=1S/C58H38N2O/c1-2-13-39(14-3-1)40-25-30-44(31-26-40)59(46-34-36-53-52-21-9-11-24-57(52)61-58(53)38-46)45-32-27-42(28-33-45)47-17-6-7-18-48(47)43-29-35-51-50-20-8-10-22-55(50)60(56(51)37-43)54-23-12-16-41-15-4-5-19-49(41)54/h1-38H. The molecule has 0 aliphatic rings. The summed E-state index contributed by atoms with van der Waals surface area (Å²) in [6, 6.07) is 82.9. The molecule has 61 heavy (non-hydrogen) atoms. The third-order valence-corrected chi connectivity index (χ3v) is 12.2. The predicted octanol–water partition coefficient (Wildman–Crippen LogP) is 16.3. The van der Waals surface area contributed by atoms with Gasteiger partial charge in [-0.1, -0.05) is 164 Å². The van der Waals surface area contributed by atoms with E-state index >= 15 is 0 Å². The molecule has 12 aromatic rings. The highest BCUT2D eigenvalue weighted by molar-refractivity contribution is 6.12. The Morgan fingerprint density at radius 3 is 1.66 bits per heavy atom. The van der Waals surface area contributed by atoms with E-state index in [-0.39, 0.29) is 0 Å². The molecule has 2 heterocycles. The Hall–Kier alpha value is -8.14. The maximum atomic E-state index is 6.39. The van der Waals surface area contributed by atoms with Crippen LogP contribution in [0.1, 0.15) is 0 Å². The molecular weight excluding hydrogens is 741 g/mol. The van der Waals surface area contributed by atoms with Gasteiger partial charge >= 0.3 is 0 Å². The number of para-hydroxylation sites is 2. The van der Waals surface area contributed by atoms with E-state index in [1.807, 2.05) is 12.1 Å². The molecule has 0 spiro atoms. The van der Waals surface area contributed by atoms with Gasteiger partial charge in [-0.2, -0.15) is 0 Å². The first-order valence-electron chi connectivity index (χ1n) is 20.8. The lowest BCUT2D eigenvalue weighted by atomic mass is 9.93. The number of benzene rings is 10. The fraction of sp³-hybridized carbons (Fsp3) is 0. The zero-order valence-corrected chi connectivity index (χ0v) is 33.2. The van der Waals surface area contributed by atoms with E-state index in [0.717, 1.165) is 44.6 Å². The molecule has 0 unspecified atom stereocenters. The highest BCUT2D eigenvalue weighted by Gasteiger charge is 2.19. The first-order valence-corrected chi connectivity index (χ1v) is 20.8. The van der Waals surface area contributed by atoms with Gasteiger partial charge in [0.2, 0.25) is 0 Å². The molecule has 0 amide bonds. The Morgan fingerprint density at radius 2 is 0.852 bits per heavy atom. The van der Waals surface area contributed by atoms with Crippen molar-refractivity contribution >= 4 is 71.6 Å². The first kappa shape index (κ1) is 34.9. The predicted molar refractivity (Wildman–Crippen MR) is 257 cm³/mol. The van der Waals surface area contributed by atoms with Crippen molar-refractivity contribution in [1.29, 1.82) is 0 Å². The number of hydrogen-bond acceptors (Lipinski definition) is 2. The van der Waals surface area contributed by atoms with Gasteiger partial charge in [0.1, 0.15) is 11.2 Å². The molecule has 3 heteroatoms. The third kappa shape index (κ3) is 5.90. The fourth-order valence-electron chi connectivity index (χ4n) is 9.31. The summed E-state index contributed by atoms with van der Waals surface area (Å²) >= 11 is 0. The SMILES string of the molecule is c1ccc(-c2ccc(N(c3ccc(-c4ccccc4-c4ccc5c6ccccc6n(-c6cccc7ccccc67)c5c4)cc3)c3ccc4c(c3)oc3ccccc34)cc2)cc1. The average molecular weight is 779 g/mol. The van der Waals surface area contributed by atoms with Crippen LogP contribution in [-0.4, -0.2) is 4.57 Å². The van der Waals surface area contributed by atoms with E-state index in [1.165, 1.54) is 66.1 Å². The molecule has 286 valence electrons. The highest BCUT2D eigenvalue weighted by Crippen LogP contribution is 2.42. The minimum atomic E-state index is 0.867. The Labute approximate surface area is 353 Å². The van der Waals surface area contributed by atoms with Crippen molar-refractivity contribution in [3.05, 3.63) is 231 Å². The lowest BCUT2D eigenvalue weighted by molar-refractivity contribution is 0.669. The molecule has 3 nitrogen and oxygen atoms in total. The molecule has 0 fully saturated rings. The molecule has 12 rings (SSSR count). The first-order chi connectivity index (χ1) is 30.2. The monoisotopic (exact) mass is 778 g/mol. The van der Waals surface area contributed by atoms with Crippen LogP contribution in [0.15, 0.2) is 235 Å². The molecule has 0 bridgehead atoms. The highest BCUT2D eigenvalue weighted by atomic mass is 16.3. The van der Waals surface area contributed by atoms with Gasteiger partial charge in [0.05, 0.1) is 16.7 Å². The zero-order valence-electron chi connectivity index (χ0n) is 33.2. The van der Waals surface area contributed by atoms with Crippen LogP contribution in [-0.2, 0) is 0 Å². The number of rotatable bonds is 7. The van der Waals surface area contributed by atoms with Crippen molar-refractivity contribution in [2.45, 2.75) is 0 Å². The van der Waals surface area contributed by atoms with E-state index in [1.54, 1.807) is 0 Å². The summed E-state index contributed by atoms with van der Waals surface area (Å²) in [4.78, 5) is 2.32. The van der Waals surface area contributed by atoms with Gasteiger partial charge in [-0.3, -0.25) is 0 Å². The summed E-state index contributed by atoms with van der Waals surface area (Å²) in [5.41, 5.74) is 15.6. The van der Waals surface area contributed by atoms with Crippen molar-refractivity contribution in [2.24, 2.45) is 0 Å². The van der Waals surface area contributed by atoms with Crippen LogP contribution in [0.25, 0.3) is 93.6 Å². The molecule has 0 saturated heterocycles. The van der Waals surface area contributed by atoms with Crippen LogP contribution < -0.4 is 4.90 Å². The van der Waals surface area contributed by atoms with Crippen LogP contribution in [0.4, 0.5) is 17.1 Å². The average Bonchev–Trinajstić information content (AvgIpc) is 3.87. The van der Waals surface area contributed by atoms with Gasteiger partial charge < -0.3 is 13.9 Å². The van der Waals surface area contributed by atoms with E-state index < -0.39 is 0 Å². The minimum Gasteiger partial charge on any atom is -0.456 e. The van der Waals surface area contributed by atoms with E-state index in [0.29, 0.717) is 0 Å². The number of anilines is 3. The maximum Gasteiger partial charge on any atom is 0.137 e. The quantitative estimate of drug-likeness (QED) is 0.161. The van der Waals surface area contributed by atoms with Gasteiger partial charge in [-0.15, -0.1) is 0 Å². The van der Waals surface area contributed by atoms with Gasteiger partial charge in [0, 0.05) is 50.1 Å². The summed E-state index contributed by atoms with van der Waals surface area (Å²) < 4.78 is 8.83.